The van der Waals surface area contributed by atoms with Gasteiger partial charge >= 0.3 is 5.97 Å². The maximum absolute atomic E-state index is 13.9. The van der Waals surface area contributed by atoms with Crippen molar-refractivity contribution in [3.05, 3.63) is 96.7 Å². The maximum Gasteiger partial charge on any atom is 0.338 e. The maximum atomic E-state index is 13.9. The van der Waals surface area contributed by atoms with E-state index in [1.807, 2.05) is 30.3 Å². The first kappa shape index (κ1) is 29.0. The van der Waals surface area contributed by atoms with Crippen molar-refractivity contribution in [1.82, 2.24) is 4.57 Å². The van der Waals surface area contributed by atoms with E-state index in [0.29, 0.717) is 37.4 Å². The average molecular weight is 821 g/mol. The summed E-state index contributed by atoms with van der Waals surface area (Å²) >= 11 is 9.26. The van der Waals surface area contributed by atoms with Crippen molar-refractivity contribution in [3.63, 3.8) is 0 Å². The van der Waals surface area contributed by atoms with Crippen LogP contribution in [0.5, 0.6) is 11.5 Å². The van der Waals surface area contributed by atoms with Crippen molar-refractivity contribution >= 4 is 84.5 Å². The van der Waals surface area contributed by atoms with Crippen molar-refractivity contribution in [2.24, 2.45) is 4.99 Å². The molecule has 4 rings (SSSR count). The number of nitrogens with zero attached hydrogens (tertiary/aromatic N) is 2. The number of methoxy groups -OCH3 is 1. The Labute approximate surface area is 259 Å². The molecule has 0 saturated heterocycles. The van der Waals surface area contributed by atoms with Gasteiger partial charge in [0.2, 0.25) is 0 Å². The van der Waals surface area contributed by atoms with Gasteiger partial charge in [0, 0.05) is 0 Å². The van der Waals surface area contributed by atoms with Crippen LogP contribution in [0, 0.1) is 7.14 Å². The second-order valence-corrected chi connectivity index (χ2v) is 12.3. The lowest BCUT2D eigenvalue weighted by atomic mass is 9.96. The van der Waals surface area contributed by atoms with Crippen molar-refractivity contribution in [2.75, 3.05) is 20.3 Å². The number of fused-ring (bicyclic) bond motifs is 1. The minimum atomic E-state index is -0.704. The number of carbonyl (C=O) groups excluding carboxylic acids is 1. The number of rotatable bonds is 8. The molecule has 0 amide bonds. The zero-order chi connectivity index (χ0) is 27.6. The minimum absolute atomic E-state index is 0.211. The fourth-order valence-corrected chi connectivity index (χ4v) is 7.79. The first-order chi connectivity index (χ1) is 18.2. The number of esters is 1. The van der Waals surface area contributed by atoms with Crippen molar-refractivity contribution in [2.45, 2.75) is 19.9 Å². The molecule has 1 aromatic heterocycles. The lowest BCUT2D eigenvalue weighted by Gasteiger charge is -2.25. The highest BCUT2D eigenvalue weighted by Gasteiger charge is 2.33. The highest BCUT2D eigenvalue weighted by Crippen LogP contribution is 2.35. The van der Waals surface area contributed by atoms with E-state index in [0.717, 1.165) is 24.0 Å². The number of allylic oxidation sites excluding steroid dienone is 1. The first-order valence-electron chi connectivity index (χ1n) is 11.5. The highest BCUT2D eigenvalue weighted by atomic mass is 127. The van der Waals surface area contributed by atoms with Crippen LogP contribution in [0.3, 0.4) is 0 Å². The van der Waals surface area contributed by atoms with Gasteiger partial charge in [0.1, 0.15) is 18.1 Å². The molecule has 198 valence electrons. The molecule has 0 bridgehead atoms. The van der Waals surface area contributed by atoms with E-state index >= 15 is 0 Å². The van der Waals surface area contributed by atoms with Crippen LogP contribution < -0.4 is 24.4 Å². The fourth-order valence-electron chi connectivity index (χ4n) is 4.05. The molecule has 0 aliphatic carbocycles. The van der Waals surface area contributed by atoms with E-state index in [4.69, 9.17) is 14.2 Å². The number of hydrogen-bond donors (Lipinski definition) is 0. The third kappa shape index (κ3) is 5.80. The number of hydrogen-bond acceptors (Lipinski definition) is 7. The third-order valence-corrected chi connectivity index (χ3v) is 8.88. The molecule has 1 atom stereocenters. The zero-order valence-electron chi connectivity index (χ0n) is 20.7. The molecule has 11 heteroatoms. The SMILES string of the molecule is C=CCOc1c(I)cc(/C=c2\sc3n(c2=O)C(c2ccc(OC)c(Br)c2)C(C(=O)OCC)=C(C)N=3)cc1I. The van der Waals surface area contributed by atoms with Gasteiger partial charge in [-0.2, -0.15) is 0 Å². The minimum Gasteiger partial charge on any atom is -0.496 e. The Morgan fingerprint density at radius 1 is 1.26 bits per heavy atom. The Kier molecular flexibility index (Phi) is 9.53. The van der Waals surface area contributed by atoms with Crippen LogP contribution in [0.2, 0.25) is 0 Å². The van der Waals surface area contributed by atoms with Gasteiger partial charge in [-0.15, -0.1) is 0 Å². The summed E-state index contributed by atoms with van der Waals surface area (Å²) < 4.78 is 21.2. The summed E-state index contributed by atoms with van der Waals surface area (Å²) in [5.74, 6) is 0.924. The molecule has 3 aromatic rings. The molecule has 1 aliphatic heterocycles. The summed E-state index contributed by atoms with van der Waals surface area (Å²) in [5.41, 5.74) is 2.20. The molecular weight excluding hydrogens is 798 g/mol. The second-order valence-electron chi connectivity index (χ2n) is 8.11. The number of halogens is 3. The molecule has 1 unspecified atom stereocenters. The number of aromatic nitrogens is 1. The van der Waals surface area contributed by atoms with Gasteiger partial charge in [-0.3, -0.25) is 9.36 Å². The summed E-state index contributed by atoms with van der Waals surface area (Å²) in [7, 11) is 1.58. The predicted molar refractivity (Wildman–Crippen MR) is 169 cm³/mol. The van der Waals surface area contributed by atoms with Crippen LogP contribution in [0.4, 0.5) is 0 Å². The summed E-state index contributed by atoms with van der Waals surface area (Å²) in [6.07, 6.45) is 3.54. The van der Waals surface area contributed by atoms with Crippen LogP contribution in [-0.2, 0) is 9.53 Å². The Morgan fingerprint density at radius 3 is 2.58 bits per heavy atom. The van der Waals surface area contributed by atoms with Crippen LogP contribution in [0.25, 0.3) is 6.08 Å². The molecule has 2 heterocycles. The lowest BCUT2D eigenvalue weighted by molar-refractivity contribution is -0.139. The Bertz CT molecular complexity index is 1620. The monoisotopic (exact) mass is 820 g/mol. The molecule has 38 heavy (non-hydrogen) atoms. The molecule has 0 N–H and O–H groups in total. The van der Waals surface area contributed by atoms with E-state index in [1.54, 1.807) is 37.7 Å². The predicted octanol–water partition coefficient (Wildman–Crippen LogP) is 5.34. The summed E-state index contributed by atoms with van der Waals surface area (Å²) in [6, 6.07) is 8.72. The Morgan fingerprint density at radius 2 is 1.97 bits per heavy atom. The van der Waals surface area contributed by atoms with E-state index in [2.05, 4.69) is 72.7 Å². The smallest absolute Gasteiger partial charge is 0.338 e. The van der Waals surface area contributed by atoms with Crippen molar-refractivity contribution in [1.29, 1.82) is 0 Å². The largest absolute Gasteiger partial charge is 0.496 e. The Balaban J connectivity index is 1.91. The molecular formula is C27H23BrI2N2O5S. The molecule has 7 nitrogen and oxygen atoms in total. The van der Waals surface area contributed by atoms with Gasteiger partial charge in [-0.25, -0.2) is 9.79 Å². The quantitative estimate of drug-likeness (QED) is 0.174. The Hall–Kier alpha value is -1.97. The summed E-state index contributed by atoms with van der Waals surface area (Å²) in [4.78, 5) is 32.1. The summed E-state index contributed by atoms with van der Waals surface area (Å²) in [6.45, 7) is 7.84. The first-order valence-corrected chi connectivity index (χ1v) is 15.2. The van der Waals surface area contributed by atoms with Gasteiger partial charge in [0.15, 0.2) is 4.80 Å². The molecule has 0 fully saturated rings. The van der Waals surface area contributed by atoms with Crippen LogP contribution in [0.1, 0.15) is 31.0 Å². The van der Waals surface area contributed by atoms with Crippen molar-refractivity contribution in [3.8, 4) is 11.5 Å². The molecule has 1 aliphatic rings. The standard InChI is InChI=1S/C27H23BrI2N2O5S/c1-5-9-37-24-18(29)10-15(11-19(24)30)12-21-25(33)32-23(16-7-8-20(35-4)17(28)13-16)22(26(34)36-6-2)14(3)31-27(32)38-21/h5,7-8,10-13,23H,1,6,9H2,2-4H3/b21-12-. The summed E-state index contributed by atoms with van der Waals surface area (Å²) in [5, 5.41) is 0. The van der Waals surface area contributed by atoms with E-state index in [1.165, 1.54) is 11.3 Å². The average Bonchev–Trinajstić information content (AvgIpc) is 3.16. The lowest BCUT2D eigenvalue weighted by Crippen LogP contribution is -2.40. The number of carbonyl (C=O) groups is 1. The molecule has 0 radical (unpaired) electrons. The van der Waals surface area contributed by atoms with Gasteiger partial charge in [-0.05, 0) is 116 Å². The topological polar surface area (TPSA) is 79.1 Å². The van der Waals surface area contributed by atoms with E-state index in [9.17, 15) is 9.59 Å². The molecule has 0 saturated carbocycles. The van der Waals surface area contributed by atoms with Crippen LogP contribution >= 0.6 is 72.4 Å². The van der Waals surface area contributed by atoms with Gasteiger partial charge < -0.3 is 14.2 Å². The zero-order valence-corrected chi connectivity index (χ0v) is 27.4. The normalized spacial score (nSPS) is 15.1. The second kappa shape index (κ2) is 12.5. The number of benzene rings is 2. The number of ether oxygens (including phenoxy) is 3. The van der Waals surface area contributed by atoms with Crippen LogP contribution in [0.15, 0.2) is 68.5 Å². The van der Waals surface area contributed by atoms with Crippen molar-refractivity contribution < 1.29 is 19.0 Å². The molecule has 2 aromatic carbocycles. The third-order valence-electron chi connectivity index (χ3n) is 5.67. The number of thiazole rings is 1. The highest BCUT2D eigenvalue weighted by molar-refractivity contribution is 14.1. The van der Waals surface area contributed by atoms with E-state index in [-0.39, 0.29) is 12.2 Å². The van der Waals surface area contributed by atoms with E-state index < -0.39 is 12.0 Å². The fraction of sp³-hybridized carbons (Fsp3) is 0.222. The van der Waals surface area contributed by atoms with Crippen LogP contribution in [-0.4, -0.2) is 30.9 Å². The molecule has 0 spiro atoms. The van der Waals surface area contributed by atoms with Gasteiger partial charge in [0.05, 0.1) is 47.2 Å². The van der Waals surface area contributed by atoms with Gasteiger partial charge in [0.25, 0.3) is 5.56 Å². The van der Waals surface area contributed by atoms with Gasteiger partial charge in [-0.1, -0.05) is 30.1 Å².